The van der Waals surface area contributed by atoms with E-state index >= 15 is 0 Å². The Kier molecular flexibility index (Phi) is 2.31. The fourth-order valence-corrected chi connectivity index (χ4v) is 2.70. The number of hydrogen-bond donors (Lipinski definition) is 2. The maximum absolute atomic E-state index is 4.46. The molecule has 1 aromatic heterocycles. The molecule has 1 aromatic carbocycles. The van der Waals surface area contributed by atoms with Gasteiger partial charge in [0.2, 0.25) is 0 Å². The maximum Gasteiger partial charge on any atom is 0.147 e. The average molecular weight is 219 g/mol. The van der Waals surface area contributed by atoms with Crippen LogP contribution in [-0.4, -0.2) is 23.5 Å². The van der Waals surface area contributed by atoms with E-state index < -0.39 is 0 Å². The number of nitrogens with one attached hydrogen (secondary N) is 2. The first kappa shape index (κ1) is 9.12. The SMILES string of the molecule is c1ccc2c(N[C@@H]3CCNC3)nsc2c1. The van der Waals surface area contributed by atoms with E-state index in [1.54, 1.807) is 11.5 Å². The van der Waals surface area contributed by atoms with Crippen molar-refractivity contribution in [3.8, 4) is 0 Å². The van der Waals surface area contributed by atoms with Gasteiger partial charge < -0.3 is 10.6 Å². The van der Waals surface area contributed by atoms with Gasteiger partial charge in [-0.25, -0.2) is 0 Å². The molecule has 1 fully saturated rings. The van der Waals surface area contributed by atoms with E-state index in [1.807, 2.05) is 0 Å². The molecule has 2 aromatic rings. The van der Waals surface area contributed by atoms with Gasteiger partial charge in [-0.3, -0.25) is 0 Å². The lowest BCUT2D eigenvalue weighted by molar-refractivity contribution is 0.791. The zero-order valence-corrected chi connectivity index (χ0v) is 9.18. The summed E-state index contributed by atoms with van der Waals surface area (Å²) in [6, 6.07) is 8.90. The van der Waals surface area contributed by atoms with E-state index in [9.17, 15) is 0 Å². The van der Waals surface area contributed by atoms with Gasteiger partial charge in [-0.05, 0) is 36.6 Å². The van der Waals surface area contributed by atoms with Crippen LogP contribution >= 0.6 is 11.5 Å². The number of anilines is 1. The first-order valence-electron chi connectivity index (χ1n) is 5.25. The summed E-state index contributed by atoms with van der Waals surface area (Å²) in [4.78, 5) is 0. The molecule has 1 aliphatic heterocycles. The van der Waals surface area contributed by atoms with E-state index in [2.05, 4.69) is 39.3 Å². The molecule has 15 heavy (non-hydrogen) atoms. The van der Waals surface area contributed by atoms with Gasteiger partial charge in [-0.1, -0.05) is 12.1 Å². The Morgan fingerprint density at radius 1 is 1.40 bits per heavy atom. The zero-order valence-electron chi connectivity index (χ0n) is 8.36. The topological polar surface area (TPSA) is 37.0 Å². The third-order valence-electron chi connectivity index (χ3n) is 2.78. The number of benzene rings is 1. The van der Waals surface area contributed by atoms with Gasteiger partial charge in [0.25, 0.3) is 0 Å². The molecule has 0 bridgehead atoms. The Bertz CT molecular complexity index is 460. The normalized spacial score (nSPS) is 20.9. The van der Waals surface area contributed by atoms with Crippen molar-refractivity contribution < 1.29 is 0 Å². The maximum atomic E-state index is 4.46. The Labute approximate surface area is 92.7 Å². The highest BCUT2D eigenvalue weighted by atomic mass is 32.1. The van der Waals surface area contributed by atoms with Crippen molar-refractivity contribution in [3.63, 3.8) is 0 Å². The van der Waals surface area contributed by atoms with Crippen molar-refractivity contribution in [1.82, 2.24) is 9.69 Å². The van der Waals surface area contributed by atoms with Crippen LogP contribution in [0.25, 0.3) is 10.1 Å². The van der Waals surface area contributed by atoms with Gasteiger partial charge in [0.1, 0.15) is 5.82 Å². The highest BCUT2D eigenvalue weighted by Crippen LogP contribution is 2.27. The Hall–Kier alpha value is -1.13. The molecule has 0 unspecified atom stereocenters. The molecule has 0 spiro atoms. The van der Waals surface area contributed by atoms with Crippen LogP contribution in [0.4, 0.5) is 5.82 Å². The van der Waals surface area contributed by atoms with E-state index in [-0.39, 0.29) is 0 Å². The second-order valence-corrected chi connectivity index (χ2v) is 4.67. The van der Waals surface area contributed by atoms with Crippen LogP contribution in [0.15, 0.2) is 24.3 Å². The van der Waals surface area contributed by atoms with Crippen molar-refractivity contribution in [2.75, 3.05) is 18.4 Å². The van der Waals surface area contributed by atoms with Crippen LogP contribution in [0, 0.1) is 0 Å². The molecule has 2 heterocycles. The molecule has 0 aliphatic carbocycles. The molecule has 0 radical (unpaired) electrons. The highest BCUT2D eigenvalue weighted by molar-refractivity contribution is 7.13. The predicted molar refractivity (Wildman–Crippen MR) is 64.5 cm³/mol. The lowest BCUT2D eigenvalue weighted by atomic mass is 10.2. The number of hydrogen-bond acceptors (Lipinski definition) is 4. The summed E-state index contributed by atoms with van der Waals surface area (Å²) in [6.07, 6.45) is 1.19. The number of fused-ring (bicyclic) bond motifs is 1. The fraction of sp³-hybridized carbons (Fsp3) is 0.364. The van der Waals surface area contributed by atoms with Crippen LogP contribution in [0.1, 0.15) is 6.42 Å². The Morgan fingerprint density at radius 3 is 3.20 bits per heavy atom. The van der Waals surface area contributed by atoms with Crippen molar-refractivity contribution in [3.05, 3.63) is 24.3 Å². The minimum absolute atomic E-state index is 0.538. The van der Waals surface area contributed by atoms with Crippen LogP contribution in [0.2, 0.25) is 0 Å². The first-order chi connectivity index (χ1) is 7.43. The third kappa shape index (κ3) is 1.70. The molecule has 1 saturated heterocycles. The fourth-order valence-electron chi connectivity index (χ4n) is 1.96. The van der Waals surface area contributed by atoms with Gasteiger partial charge in [-0.15, -0.1) is 0 Å². The van der Waals surface area contributed by atoms with Gasteiger partial charge in [0.05, 0.1) is 4.70 Å². The standard InChI is InChI=1S/C11H13N3S/c1-2-4-10-9(3-1)11(14-15-10)13-8-5-6-12-7-8/h1-4,8,12H,5-7H2,(H,13,14)/t8-/m1/s1. The third-order valence-corrected chi connectivity index (χ3v) is 3.61. The molecule has 1 aliphatic rings. The molecule has 0 amide bonds. The molecule has 78 valence electrons. The van der Waals surface area contributed by atoms with E-state index in [0.717, 1.165) is 18.9 Å². The highest BCUT2D eigenvalue weighted by Gasteiger charge is 2.16. The lowest BCUT2D eigenvalue weighted by Gasteiger charge is -2.09. The van der Waals surface area contributed by atoms with E-state index in [1.165, 1.54) is 16.5 Å². The minimum atomic E-state index is 0.538. The number of aromatic nitrogens is 1. The van der Waals surface area contributed by atoms with E-state index in [0.29, 0.717) is 6.04 Å². The molecule has 3 rings (SSSR count). The molecule has 0 saturated carbocycles. The molecule has 2 N–H and O–H groups in total. The molecular formula is C11H13N3S. The largest absolute Gasteiger partial charge is 0.365 e. The summed E-state index contributed by atoms with van der Waals surface area (Å²) in [7, 11) is 0. The van der Waals surface area contributed by atoms with Crippen molar-refractivity contribution in [2.45, 2.75) is 12.5 Å². The van der Waals surface area contributed by atoms with Gasteiger partial charge in [-0.2, -0.15) is 4.37 Å². The van der Waals surface area contributed by atoms with Crippen LogP contribution in [0.3, 0.4) is 0 Å². The van der Waals surface area contributed by atoms with Gasteiger partial charge in [0.15, 0.2) is 0 Å². The Balaban J connectivity index is 1.90. The van der Waals surface area contributed by atoms with Crippen molar-refractivity contribution in [1.29, 1.82) is 0 Å². The smallest absolute Gasteiger partial charge is 0.147 e. The molecule has 3 nitrogen and oxygen atoms in total. The van der Waals surface area contributed by atoms with E-state index in [4.69, 9.17) is 0 Å². The summed E-state index contributed by atoms with van der Waals surface area (Å²) < 4.78 is 5.72. The summed E-state index contributed by atoms with van der Waals surface area (Å²) >= 11 is 1.56. The Morgan fingerprint density at radius 2 is 2.33 bits per heavy atom. The summed E-state index contributed by atoms with van der Waals surface area (Å²) in [6.45, 7) is 2.16. The summed E-state index contributed by atoms with van der Waals surface area (Å²) in [5.41, 5.74) is 0. The lowest BCUT2D eigenvalue weighted by Crippen LogP contribution is -2.22. The molecule has 4 heteroatoms. The van der Waals surface area contributed by atoms with Crippen LogP contribution in [0.5, 0.6) is 0 Å². The summed E-state index contributed by atoms with van der Waals surface area (Å²) in [5.74, 6) is 1.05. The molecular weight excluding hydrogens is 206 g/mol. The zero-order chi connectivity index (χ0) is 10.1. The number of rotatable bonds is 2. The monoisotopic (exact) mass is 219 g/mol. The van der Waals surface area contributed by atoms with Gasteiger partial charge >= 0.3 is 0 Å². The first-order valence-corrected chi connectivity index (χ1v) is 6.02. The van der Waals surface area contributed by atoms with Crippen LogP contribution < -0.4 is 10.6 Å². The second-order valence-electron chi connectivity index (χ2n) is 3.86. The second kappa shape index (κ2) is 3.79. The minimum Gasteiger partial charge on any atom is -0.365 e. The predicted octanol–water partition coefficient (Wildman–Crippen LogP) is 2.07. The quantitative estimate of drug-likeness (QED) is 0.812. The van der Waals surface area contributed by atoms with Crippen molar-refractivity contribution in [2.24, 2.45) is 0 Å². The van der Waals surface area contributed by atoms with Crippen molar-refractivity contribution >= 4 is 27.4 Å². The summed E-state index contributed by atoms with van der Waals surface area (Å²) in [5, 5.41) is 8.09. The number of nitrogens with zero attached hydrogens (tertiary/aromatic N) is 1. The molecule has 1 atom stereocenters. The van der Waals surface area contributed by atoms with Gasteiger partial charge in [0, 0.05) is 18.0 Å². The average Bonchev–Trinajstić information content (AvgIpc) is 2.89. The van der Waals surface area contributed by atoms with Crippen LogP contribution in [-0.2, 0) is 0 Å².